The quantitative estimate of drug-likeness (QED) is 0.329. The number of halogens is 1. The van der Waals surface area contributed by atoms with Crippen LogP contribution in [0.15, 0.2) is 66.7 Å². The second-order valence-electron chi connectivity index (χ2n) is 8.81. The van der Waals surface area contributed by atoms with E-state index in [4.69, 9.17) is 16.3 Å². The summed E-state index contributed by atoms with van der Waals surface area (Å²) in [5.41, 5.74) is 2.33. The molecule has 1 heterocycles. The third-order valence-corrected chi connectivity index (χ3v) is 7.81. The van der Waals surface area contributed by atoms with Gasteiger partial charge in [-0.05, 0) is 40.5 Å². The molecular weight excluding hydrogens is 454 g/mol. The molecule has 0 radical (unpaired) electrons. The molecule has 3 aliphatic carbocycles. The molecule has 0 aromatic heterocycles. The topological polar surface area (TPSA) is 80.8 Å². The molecule has 0 saturated carbocycles. The Bertz CT molecular complexity index is 1380. The number of methoxy groups -OCH3 is 1. The van der Waals surface area contributed by atoms with Crippen LogP contribution in [0.1, 0.15) is 38.5 Å². The number of amides is 2. The van der Waals surface area contributed by atoms with Gasteiger partial charge in [0.1, 0.15) is 6.29 Å². The molecule has 3 aromatic carbocycles. The van der Waals surface area contributed by atoms with Crippen molar-refractivity contribution in [3.8, 4) is 0 Å². The number of hydrogen-bond donors (Lipinski definition) is 0. The van der Waals surface area contributed by atoms with Crippen molar-refractivity contribution in [2.75, 3.05) is 12.0 Å². The Balaban J connectivity index is 1.58. The zero-order chi connectivity index (χ0) is 23.8. The van der Waals surface area contributed by atoms with E-state index in [1.807, 2.05) is 48.5 Å². The number of nitrogens with zero attached hydrogens (tertiary/aromatic N) is 1. The number of rotatable bonds is 3. The van der Waals surface area contributed by atoms with Crippen LogP contribution in [0.3, 0.4) is 0 Å². The van der Waals surface area contributed by atoms with Gasteiger partial charge in [-0.1, -0.05) is 60.1 Å². The molecule has 1 aliphatic heterocycles. The van der Waals surface area contributed by atoms with Gasteiger partial charge >= 0.3 is 5.97 Å². The number of anilines is 1. The number of carbonyl (C=O) groups is 4. The molecule has 6 nitrogen and oxygen atoms in total. The summed E-state index contributed by atoms with van der Waals surface area (Å²) >= 11 is 6.16. The van der Waals surface area contributed by atoms with Crippen molar-refractivity contribution in [3.63, 3.8) is 0 Å². The van der Waals surface area contributed by atoms with Crippen LogP contribution in [-0.4, -0.2) is 31.2 Å². The fourth-order valence-electron chi connectivity index (χ4n) is 6.20. The van der Waals surface area contributed by atoms with Gasteiger partial charge in [0.05, 0.1) is 40.6 Å². The number of benzene rings is 3. The number of aldehydes is 1. The molecule has 0 unspecified atom stereocenters. The van der Waals surface area contributed by atoms with Gasteiger partial charge in [0.25, 0.3) is 0 Å². The van der Waals surface area contributed by atoms with Crippen molar-refractivity contribution in [2.45, 2.75) is 11.3 Å². The van der Waals surface area contributed by atoms with Crippen molar-refractivity contribution in [2.24, 2.45) is 11.8 Å². The van der Waals surface area contributed by atoms with E-state index in [1.165, 1.54) is 25.3 Å². The number of carbonyl (C=O) groups excluding carboxylic acids is 4. The van der Waals surface area contributed by atoms with E-state index >= 15 is 0 Å². The van der Waals surface area contributed by atoms with Crippen molar-refractivity contribution in [3.05, 3.63) is 99.6 Å². The van der Waals surface area contributed by atoms with E-state index in [-0.39, 0.29) is 22.2 Å². The summed E-state index contributed by atoms with van der Waals surface area (Å²) in [6.45, 7) is 0. The molecule has 1 fully saturated rings. The first-order chi connectivity index (χ1) is 16.5. The highest BCUT2D eigenvalue weighted by molar-refractivity contribution is 6.34. The van der Waals surface area contributed by atoms with Crippen LogP contribution in [0.5, 0.6) is 0 Å². The standard InChI is InChI=1S/C27H18ClNO5/c1-34-26(33)17-12-14(10-11-20(17)28)29-24(31)22-21-15-6-2-4-8-18(15)27(13-30,23(22)25(29)32)19-9-5-3-7-16(19)21/h2-13,21-23H,1H3/t21?,22-,23+,27?/m1/s1. The minimum absolute atomic E-state index is 0.0526. The van der Waals surface area contributed by atoms with Crippen LogP contribution in [0.2, 0.25) is 5.02 Å². The lowest BCUT2D eigenvalue weighted by Crippen LogP contribution is -2.54. The van der Waals surface area contributed by atoms with E-state index in [9.17, 15) is 19.2 Å². The number of hydrogen-bond acceptors (Lipinski definition) is 5. The highest BCUT2D eigenvalue weighted by Gasteiger charge is 2.68. The first-order valence-electron chi connectivity index (χ1n) is 10.9. The zero-order valence-electron chi connectivity index (χ0n) is 18.0. The van der Waals surface area contributed by atoms with Gasteiger partial charge in [0.15, 0.2) is 0 Å². The smallest absolute Gasteiger partial charge is 0.339 e. The second-order valence-corrected chi connectivity index (χ2v) is 9.22. The Kier molecular flexibility index (Phi) is 4.35. The SMILES string of the molecule is COC(=O)c1cc(N2C(=O)[C@@H]3C4c5ccccc5C(C=O)(c5ccccc54)[C@@H]3C2=O)ccc1Cl. The van der Waals surface area contributed by atoms with Gasteiger partial charge in [0.2, 0.25) is 11.8 Å². The van der Waals surface area contributed by atoms with E-state index < -0.39 is 35.0 Å². The molecule has 0 N–H and O–H groups in total. The number of esters is 1. The summed E-state index contributed by atoms with van der Waals surface area (Å²) in [5, 5.41) is 0.149. The highest BCUT2D eigenvalue weighted by atomic mass is 35.5. The normalized spacial score (nSPS) is 26.1. The molecule has 2 amide bonds. The molecule has 3 aromatic rings. The first kappa shape index (κ1) is 20.8. The summed E-state index contributed by atoms with van der Waals surface area (Å²) < 4.78 is 4.79. The molecule has 34 heavy (non-hydrogen) atoms. The average molecular weight is 472 g/mol. The van der Waals surface area contributed by atoms with E-state index in [0.29, 0.717) is 0 Å². The lowest BCUT2D eigenvalue weighted by atomic mass is 9.48. The fourth-order valence-corrected chi connectivity index (χ4v) is 6.40. The van der Waals surface area contributed by atoms with E-state index in [2.05, 4.69) is 0 Å². The summed E-state index contributed by atoms with van der Waals surface area (Å²) in [4.78, 5) is 54.1. The first-order valence-corrected chi connectivity index (χ1v) is 11.2. The minimum Gasteiger partial charge on any atom is -0.465 e. The molecular formula is C27H18ClNO5. The van der Waals surface area contributed by atoms with Crippen molar-refractivity contribution < 1.29 is 23.9 Å². The van der Waals surface area contributed by atoms with Crippen molar-refractivity contribution in [1.82, 2.24) is 0 Å². The lowest BCUT2D eigenvalue weighted by molar-refractivity contribution is -0.128. The molecule has 1 saturated heterocycles. The Morgan fingerprint density at radius 2 is 1.59 bits per heavy atom. The maximum absolute atomic E-state index is 14.0. The minimum atomic E-state index is -1.27. The van der Waals surface area contributed by atoms with Gasteiger partial charge in [-0.2, -0.15) is 0 Å². The van der Waals surface area contributed by atoms with Crippen LogP contribution >= 0.6 is 11.6 Å². The Morgan fingerprint density at radius 3 is 2.18 bits per heavy atom. The third kappa shape index (κ3) is 2.36. The average Bonchev–Trinajstić information content (AvgIpc) is 3.14. The Morgan fingerprint density at radius 1 is 0.971 bits per heavy atom. The van der Waals surface area contributed by atoms with Gasteiger partial charge < -0.3 is 9.53 Å². The number of ether oxygens (including phenoxy) is 1. The van der Waals surface area contributed by atoms with Gasteiger partial charge in [-0.15, -0.1) is 0 Å². The largest absolute Gasteiger partial charge is 0.465 e. The van der Waals surface area contributed by atoms with Crippen molar-refractivity contribution >= 4 is 41.4 Å². The summed E-state index contributed by atoms with van der Waals surface area (Å²) in [7, 11) is 1.23. The maximum Gasteiger partial charge on any atom is 0.339 e. The monoisotopic (exact) mass is 471 g/mol. The Labute approximate surface area is 200 Å². The van der Waals surface area contributed by atoms with Crippen LogP contribution in [0, 0.1) is 11.8 Å². The molecule has 7 rings (SSSR count). The van der Waals surface area contributed by atoms with E-state index in [1.54, 1.807) is 0 Å². The van der Waals surface area contributed by atoms with Gasteiger partial charge in [-0.25, -0.2) is 9.69 Å². The second kappa shape index (κ2) is 7.11. The molecule has 7 heteroatoms. The predicted octanol–water partition coefficient (Wildman–Crippen LogP) is 3.88. The highest BCUT2D eigenvalue weighted by Crippen LogP contribution is 2.63. The van der Waals surface area contributed by atoms with Crippen LogP contribution in [0.4, 0.5) is 5.69 Å². The van der Waals surface area contributed by atoms with Crippen LogP contribution in [0.25, 0.3) is 0 Å². The number of imide groups is 1. The Hall–Kier alpha value is -3.77. The van der Waals surface area contributed by atoms with E-state index in [0.717, 1.165) is 33.4 Å². The third-order valence-electron chi connectivity index (χ3n) is 7.48. The van der Waals surface area contributed by atoms with Gasteiger partial charge in [-0.3, -0.25) is 9.59 Å². The molecule has 0 spiro atoms. The zero-order valence-corrected chi connectivity index (χ0v) is 18.8. The summed E-state index contributed by atoms with van der Waals surface area (Å²) in [5.74, 6) is -3.51. The van der Waals surface area contributed by atoms with Crippen LogP contribution < -0.4 is 4.90 Å². The van der Waals surface area contributed by atoms with Gasteiger partial charge in [0, 0.05) is 5.92 Å². The summed E-state index contributed by atoms with van der Waals surface area (Å²) in [6, 6.07) is 19.5. The molecule has 2 bridgehead atoms. The maximum atomic E-state index is 14.0. The van der Waals surface area contributed by atoms with Crippen LogP contribution in [-0.2, 0) is 24.5 Å². The summed E-state index contributed by atoms with van der Waals surface area (Å²) in [6.07, 6.45) is 0.828. The molecule has 168 valence electrons. The molecule has 2 atom stereocenters. The fraction of sp³-hybridized carbons (Fsp3) is 0.185. The lowest BCUT2D eigenvalue weighted by Gasteiger charge is -2.51. The molecule has 4 aliphatic rings. The van der Waals surface area contributed by atoms with Crippen molar-refractivity contribution in [1.29, 1.82) is 0 Å². The predicted molar refractivity (Wildman–Crippen MR) is 124 cm³/mol.